The quantitative estimate of drug-likeness (QED) is 0.696. The van der Waals surface area contributed by atoms with Gasteiger partial charge in [-0.25, -0.2) is 0 Å². The molecular formula is C12H20N2O. The number of aromatic nitrogens is 1. The Balaban J connectivity index is 2.20. The molecule has 0 fully saturated rings. The molecule has 1 aromatic heterocycles. The van der Waals surface area contributed by atoms with Crippen LogP contribution in [0.5, 0.6) is 5.75 Å². The minimum atomic E-state index is 0.773. The molecule has 0 spiro atoms. The van der Waals surface area contributed by atoms with Gasteiger partial charge in [-0.3, -0.25) is 4.98 Å². The normalized spacial score (nSPS) is 10.3. The number of nitrogens with one attached hydrogen (secondary N) is 1. The summed E-state index contributed by atoms with van der Waals surface area (Å²) in [5.74, 6) is 0.872. The number of unbranched alkanes of at least 4 members (excludes halogenated alkanes) is 1. The number of aryl methyl sites for hydroxylation is 1. The number of ether oxygens (including phenoxy) is 1. The maximum absolute atomic E-state index is 5.56. The number of hydrogen-bond acceptors (Lipinski definition) is 3. The summed E-state index contributed by atoms with van der Waals surface area (Å²) in [5.41, 5.74) is 1.11. The molecule has 0 aromatic carbocycles. The predicted octanol–water partition coefficient (Wildman–Crippen LogP) is 2.02. The van der Waals surface area contributed by atoms with Crippen molar-refractivity contribution in [3.8, 4) is 5.75 Å². The lowest BCUT2D eigenvalue weighted by atomic mass is 10.3. The van der Waals surface area contributed by atoms with E-state index in [-0.39, 0.29) is 0 Å². The molecule has 3 heteroatoms. The van der Waals surface area contributed by atoms with Gasteiger partial charge in [-0.2, -0.15) is 0 Å². The molecule has 1 heterocycles. The maximum Gasteiger partial charge on any atom is 0.137 e. The van der Waals surface area contributed by atoms with Crippen LogP contribution < -0.4 is 10.1 Å². The molecule has 0 unspecified atom stereocenters. The highest BCUT2D eigenvalue weighted by Gasteiger charge is 1.95. The van der Waals surface area contributed by atoms with Crippen LogP contribution >= 0.6 is 0 Å². The van der Waals surface area contributed by atoms with E-state index < -0.39 is 0 Å². The van der Waals surface area contributed by atoms with E-state index in [2.05, 4.69) is 17.2 Å². The summed E-state index contributed by atoms with van der Waals surface area (Å²) in [6, 6.07) is 4.01. The standard InChI is InChI=1S/C12H20N2O/c1-3-11-6-7-12(10-14-11)15-9-5-4-8-13-2/h6-7,10,13H,3-5,8-9H2,1-2H3. The molecule has 3 nitrogen and oxygen atoms in total. The van der Waals surface area contributed by atoms with Crippen LogP contribution in [0.25, 0.3) is 0 Å². The van der Waals surface area contributed by atoms with Crippen molar-refractivity contribution >= 4 is 0 Å². The van der Waals surface area contributed by atoms with Crippen molar-refractivity contribution < 1.29 is 4.74 Å². The maximum atomic E-state index is 5.56. The first-order chi connectivity index (χ1) is 7.36. The monoisotopic (exact) mass is 208 g/mol. The van der Waals surface area contributed by atoms with E-state index in [1.54, 1.807) is 6.20 Å². The molecule has 0 aliphatic heterocycles. The third-order valence-corrected chi connectivity index (χ3v) is 2.25. The zero-order valence-electron chi connectivity index (χ0n) is 9.62. The van der Waals surface area contributed by atoms with Gasteiger partial charge in [0.1, 0.15) is 5.75 Å². The van der Waals surface area contributed by atoms with Gasteiger partial charge in [-0.1, -0.05) is 6.92 Å². The van der Waals surface area contributed by atoms with Crippen LogP contribution in [-0.2, 0) is 6.42 Å². The van der Waals surface area contributed by atoms with E-state index in [0.29, 0.717) is 0 Å². The van der Waals surface area contributed by atoms with Crippen LogP contribution in [0.3, 0.4) is 0 Å². The summed E-state index contributed by atoms with van der Waals surface area (Å²) in [6.45, 7) is 3.92. The second kappa shape index (κ2) is 7.23. The van der Waals surface area contributed by atoms with E-state index >= 15 is 0 Å². The first-order valence-corrected chi connectivity index (χ1v) is 5.59. The van der Waals surface area contributed by atoms with Gasteiger partial charge in [-0.05, 0) is 45.0 Å². The number of nitrogens with zero attached hydrogens (tertiary/aromatic N) is 1. The SMILES string of the molecule is CCc1ccc(OCCCCNC)cn1. The Morgan fingerprint density at radius 2 is 2.20 bits per heavy atom. The van der Waals surface area contributed by atoms with Gasteiger partial charge in [0.2, 0.25) is 0 Å². The predicted molar refractivity (Wildman–Crippen MR) is 62.3 cm³/mol. The average molecular weight is 208 g/mol. The zero-order valence-corrected chi connectivity index (χ0v) is 9.62. The van der Waals surface area contributed by atoms with Gasteiger partial charge in [0.25, 0.3) is 0 Å². The Hall–Kier alpha value is -1.09. The lowest BCUT2D eigenvalue weighted by molar-refractivity contribution is 0.305. The van der Waals surface area contributed by atoms with Gasteiger partial charge in [0.05, 0.1) is 12.8 Å². The molecule has 15 heavy (non-hydrogen) atoms. The first kappa shape index (κ1) is 12.0. The summed E-state index contributed by atoms with van der Waals surface area (Å²) in [5, 5.41) is 3.11. The number of hydrogen-bond donors (Lipinski definition) is 1. The van der Waals surface area contributed by atoms with Gasteiger partial charge >= 0.3 is 0 Å². The first-order valence-electron chi connectivity index (χ1n) is 5.59. The van der Waals surface area contributed by atoms with Crippen LogP contribution in [0.2, 0.25) is 0 Å². The summed E-state index contributed by atoms with van der Waals surface area (Å²) >= 11 is 0. The summed E-state index contributed by atoms with van der Waals surface area (Å²) in [4.78, 5) is 4.27. The topological polar surface area (TPSA) is 34.1 Å². The number of rotatable bonds is 7. The number of pyridine rings is 1. The highest BCUT2D eigenvalue weighted by molar-refractivity contribution is 5.19. The molecule has 0 aliphatic rings. The van der Waals surface area contributed by atoms with E-state index in [0.717, 1.165) is 43.9 Å². The van der Waals surface area contributed by atoms with Crippen LogP contribution in [-0.4, -0.2) is 25.2 Å². The van der Waals surface area contributed by atoms with E-state index in [1.165, 1.54) is 0 Å². The fourth-order valence-corrected chi connectivity index (χ4v) is 1.30. The molecule has 0 saturated heterocycles. The van der Waals surface area contributed by atoms with Crippen molar-refractivity contribution in [1.29, 1.82) is 0 Å². The highest BCUT2D eigenvalue weighted by Crippen LogP contribution is 2.09. The van der Waals surface area contributed by atoms with Crippen LogP contribution in [0.15, 0.2) is 18.3 Å². The summed E-state index contributed by atoms with van der Waals surface area (Å²) in [6.07, 6.45) is 5.01. The Labute approximate surface area is 91.9 Å². The molecule has 1 rings (SSSR count). The van der Waals surface area contributed by atoms with Gasteiger partial charge in [0, 0.05) is 5.69 Å². The van der Waals surface area contributed by atoms with Crippen molar-refractivity contribution in [2.24, 2.45) is 0 Å². The molecule has 84 valence electrons. The molecule has 0 radical (unpaired) electrons. The Bertz CT molecular complexity index is 259. The van der Waals surface area contributed by atoms with Crippen LogP contribution in [0, 0.1) is 0 Å². The Morgan fingerprint density at radius 3 is 2.80 bits per heavy atom. The second-order valence-electron chi connectivity index (χ2n) is 3.50. The molecule has 0 atom stereocenters. The fraction of sp³-hybridized carbons (Fsp3) is 0.583. The summed E-state index contributed by atoms with van der Waals surface area (Å²) in [7, 11) is 1.97. The third kappa shape index (κ3) is 4.79. The summed E-state index contributed by atoms with van der Waals surface area (Å²) < 4.78 is 5.56. The van der Waals surface area contributed by atoms with Crippen molar-refractivity contribution in [2.45, 2.75) is 26.2 Å². The molecule has 0 amide bonds. The Kier molecular flexibility index (Phi) is 5.78. The smallest absolute Gasteiger partial charge is 0.137 e. The molecular weight excluding hydrogens is 188 g/mol. The van der Waals surface area contributed by atoms with Crippen LogP contribution in [0.1, 0.15) is 25.5 Å². The minimum absolute atomic E-state index is 0.773. The average Bonchev–Trinajstić information content (AvgIpc) is 2.30. The van der Waals surface area contributed by atoms with E-state index in [1.807, 2.05) is 19.2 Å². The Morgan fingerprint density at radius 1 is 1.33 bits per heavy atom. The largest absolute Gasteiger partial charge is 0.492 e. The molecule has 1 N–H and O–H groups in total. The molecule has 0 bridgehead atoms. The minimum Gasteiger partial charge on any atom is -0.492 e. The van der Waals surface area contributed by atoms with Crippen molar-refractivity contribution in [3.63, 3.8) is 0 Å². The molecule has 1 aromatic rings. The van der Waals surface area contributed by atoms with Crippen molar-refractivity contribution in [2.75, 3.05) is 20.2 Å². The van der Waals surface area contributed by atoms with Gasteiger partial charge in [-0.15, -0.1) is 0 Å². The molecule has 0 saturated carbocycles. The fourth-order valence-electron chi connectivity index (χ4n) is 1.30. The van der Waals surface area contributed by atoms with Crippen molar-refractivity contribution in [3.05, 3.63) is 24.0 Å². The van der Waals surface area contributed by atoms with Crippen LogP contribution in [0.4, 0.5) is 0 Å². The highest BCUT2D eigenvalue weighted by atomic mass is 16.5. The molecule has 0 aliphatic carbocycles. The van der Waals surface area contributed by atoms with Gasteiger partial charge < -0.3 is 10.1 Å². The van der Waals surface area contributed by atoms with E-state index in [9.17, 15) is 0 Å². The van der Waals surface area contributed by atoms with E-state index in [4.69, 9.17) is 4.74 Å². The van der Waals surface area contributed by atoms with Gasteiger partial charge in [0.15, 0.2) is 0 Å². The lowest BCUT2D eigenvalue weighted by Crippen LogP contribution is -2.09. The lowest BCUT2D eigenvalue weighted by Gasteiger charge is -2.05. The van der Waals surface area contributed by atoms with Crippen molar-refractivity contribution in [1.82, 2.24) is 10.3 Å². The second-order valence-corrected chi connectivity index (χ2v) is 3.50. The zero-order chi connectivity index (χ0) is 10.9. The third-order valence-electron chi connectivity index (χ3n) is 2.25.